The predicted molar refractivity (Wildman–Crippen MR) is 74.7 cm³/mol. The van der Waals surface area contributed by atoms with E-state index in [1.807, 2.05) is 0 Å². The zero-order chi connectivity index (χ0) is 13.1. The minimum absolute atomic E-state index is 0.142. The molecule has 2 heterocycles. The summed E-state index contributed by atoms with van der Waals surface area (Å²) >= 11 is 7.70. The number of rotatable bonds is 4. The van der Waals surface area contributed by atoms with Crippen molar-refractivity contribution in [2.75, 3.05) is 12.4 Å². The van der Waals surface area contributed by atoms with Crippen LogP contribution in [0.3, 0.4) is 0 Å². The molecule has 1 atom stereocenters. The fourth-order valence-electron chi connectivity index (χ4n) is 1.60. The molecule has 96 valence electrons. The van der Waals surface area contributed by atoms with Gasteiger partial charge in [0.05, 0.1) is 13.2 Å². The van der Waals surface area contributed by atoms with Crippen LogP contribution in [0.15, 0.2) is 18.5 Å². The third kappa shape index (κ3) is 2.73. The number of halogens is 1. The van der Waals surface area contributed by atoms with Crippen molar-refractivity contribution >= 4 is 28.8 Å². The molecule has 18 heavy (non-hydrogen) atoms. The highest BCUT2D eigenvalue weighted by Gasteiger charge is 2.14. The number of thiophene rings is 1. The Hall–Kier alpha value is -1.33. The zero-order valence-corrected chi connectivity index (χ0v) is 12.0. The maximum atomic E-state index is 5.95. The van der Waals surface area contributed by atoms with E-state index in [2.05, 4.69) is 41.3 Å². The largest absolute Gasteiger partial charge is 0.490 e. The van der Waals surface area contributed by atoms with Crippen LogP contribution in [0.4, 0.5) is 5.82 Å². The molecule has 0 saturated heterocycles. The van der Waals surface area contributed by atoms with Gasteiger partial charge in [-0.3, -0.25) is 0 Å². The van der Waals surface area contributed by atoms with Gasteiger partial charge >= 0.3 is 0 Å². The number of hydrogen-bond donors (Lipinski definition) is 1. The van der Waals surface area contributed by atoms with Crippen LogP contribution < -0.4 is 10.1 Å². The van der Waals surface area contributed by atoms with Gasteiger partial charge in [0.1, 0.15) is 6.33 Å². The van der Waals surface area contributed by atoms with Crippen LogP contribution >= 0.6 is 22.9 Å². The van der Waals surface area contributed by atoms with Gasteiger partial charge in [0.2, 0.25) is 0 Å². The Morgan fingerprint density at radius 3 is 2.78 bits per heavy atom. The number of aromatic nitrogens is 2. The number of ether oxygens (including phenoxy) is 1. The van der Waals surface area contributed by atoms with Crippen LogP contribution in [0, 0.1) is 6.92 Å². The first-order chi connectivity index (χ1) is 8.61. The summed E-state index contributed by atoms with van der Waals surface area (Å²) in [5, 5.41) is 3.59. The number of anilines is 1. The Morgan fingerprint density at radius 2 is 2.17 bits per heavy atom. The van der Waals surface area contributed by atoms with Crippen molar-refractivity contribution < 1.29 is 4.74 Å². The number of nitrogens with zero attached hydrogens (tertiary/aromatic N) is 2. The summed E-state index contributed by atoms with van der Waals surface area (Å²) < 4.78 is 5.20. The van der Waals surface area contributed by atoms with Gasteiger partial charge in [0.25, 0.3) is 0 Å². The maximum absolute atomic E-state index is 5.95. The first kappa shape index (κ1) is 13.1. The third-order valence-electron chi connectivity index (χ3n) is 2.51. The van der Waals surface area contributed by atoms with E-state index >= 15 is 0 Å². The molecule has 0 saturated carbocycles. The highest BCUT2D eigenvalue weighted by Crippen LogP contribution is 2.32. The highest BCUT2D eigenvalue weighted by atomic mass is 35.5. The molecule has 2 aromatic heterocycles. The Kier molecular flexibility index (Phi) is 4.04. The van der Waals surface area contributed by atoms with Crippen LogP contribution in [0.1, 0.15) is 22.7 Å². The van der Waals surface area contributed by atoms with E-state index in [1.165, 1.54) is 16.1 Å². The Bertz CT molecular complexity index is 544. The smallest absolute Gasteiger partial charge is 0.198 e. The summed E-state index contributed by atoms with van der Waals surface area (Å²) in [4.78, 5) is 10.6. The second kappa shape index (κ2) is 5.54. The minimum Gasteiger partial charge on any atom is -0.490 e. The van der Waals surface area contributed by atoms with E-state index in [1.54, 1.807) is 18.4 Å². The lowest BCUT2D eigenvalue weighted by Gasteiger charge is -2.15. The topological polar surface area (TPSA) is 47.0 Å². The number of hydrogen-bond acceptors (Lipinski definition) is 5. The van der Waals surface area contributed by atoms with Crippen LogP contribution in [-0.2, 0) is 0 Å². The third-order valence-corrected chi connectivity index (χ3v) is 3.96. The molecule has 1 N–H and O–H groups in total. The van der Waals surface area contributed by atoms with Crippen LogP contribution in [0.2, 0.25) is 5.15 Å². The van der Waals surface area contributed by atoms with Crippen LogP contribution in [0.5, 0.6) is 5.75 Å². The van der Waals surface area contributed by atoms with E-state index in [4.69, 9.17) is 16.3 Å². The number of nitrogens with one attached hydrogen (secondary N) is 1. The summed E-state index contributed by atoms with van der Waals surface area (Å²) in [6.07, 6.45) is 1.42. The molecule has 0 aliphatic rings. The first-order valence-electron chi connectivity index (χ1n) is 5.49. The Balaban J connectivity index is 2.21. The van der Waals surface area contributed by atoms with Gasteiger partial charge in [-0.2, -0.15) is 0 Å². The quantitative estimate of drug-likeness (QED) is 0.870. The summed E-state index contributed by atoms with van der Waals surface area (Å²) in [7, 11) is 1.55. The zero-order valence-electron chi connectivity index (χ0n) is 10.4. The lowest BCUT2D eigenvalue weighted by Crippen LogP contribution is -2.08. The van der Waals surface area contributed by atoms with Gasteiger partial charge in [0.15, 0.2) is 16.7 Å². The number of aryl methyl sites for hydroxylation is 1. The van der Waals surface area contributed by atoms with Crippen molar-refractivity contribution in [2.24, 2.45) is 0 Å². The summed E-state index contributed by atoms with van der Waals surface area (Å²) in [6, 6.07) is 4.35. The van der Waals surface area contributed by atoms with E-state index in [0.29, 0.717) is 16.7 Å². The molecule has 2 aromatic rings. The molecule has 4 nitrogen and oxygen atoms in total. The van der Waals surface area contributed by atoms with Crippen molar-refractivity contribution in [1.29, 1.82) is 0 Å². The van der Waals surface area contributed by atoms with Gasteiger partial charge in [-0.15, -0.1) is 11.3 Å². The average molecular weight is 284 g/mol. The molecule has 1 unspecified atom stereocenters. The van der Waals surface area contributed by atoms with Gasteiger partial charge in [-0.25, -0.2) is 9.97 Å². The van der Waals surface area contributed by atoms with E-state index < -0.39 is 0 Å². The van der Waals surface area contributed by atoms with E-state index in [9.17, 15) is 0 Å². The fraction of sp³-hybridized carbons (Fsp3) is 0.333. The second-order valence-corrected chi connectivity index (χ2v) is 5.54. The molecule has 0 bridgehead atoms. The minimum atomic E-state index is 0.142. The van der Waals surface area contributed by atoms with Crippen LogP contribution in [0.25, 0.3) is 0 Å². The van der Waals surface area contributed by atoms with Crippen LogP contribution in [-0.4, -0.2) is 17.1 Å². The van der Waals surface area contributed by atoms with E-state index in [0.717, 1.165) is 0 Å². The molecule has 2 rings (SSSR count). The molecule has 0 radical (unpaired) electrons. The Morgan fingerprint density at radius 1 is 1.39 bits per heavy atom. The van der Waals surface area contributed by atoms with Crippen molar-refractivity contribution in [2.45, 2.75) is 19.9 Å². The van der Waals surface area contributed by atoms with Crippen molar-refractivity contribution in [1.82, 2.24) is 9.97 Å². The molecule has 0 aliphatic heterocycles. The van der Waals surface area contributed by atoms with E-state index in [-0.39, 0.29) is 6.04 Å². The molecular formula is C12H14ClN3OS. The van der Waals surface area contributed by atoms with Gasteiger partial charge < -0.3 is 10.1 Å². The molecule has 0 aliphatic carbocycles. The first-order valence-corrected chi connectivity index (χ1v) is 6.68. The molecule has 0 aromatic carbocycles. The molecule has 0 spiro atoms. The SMILES string of the molecule is COc1c(Cl)ncnc1NC(C)c1ccc(C)s1. The lowest BCUT2D eigenvalue weighted by atomic mass is 10.2. The Labute approximate surface area is 115 Å². The summed E-state index contributed by atoms with van der Waals surface area (Å²) in [5.41, 5.74) is 0. The van der Waals surface area contributed by atoms with Gasteiger partial charge in [0, 0.05) is 9.75 Å². The average Bonchev–Trinajstić information content (AvgIpc) is 2.76. The highest BCUT2D eigenvalue weighted by molar-refractivity contribution is 7.12. The number of methoxy groups -OCH3 is 1. The standard InChI is InChI=1S/C12H14ClN3OS/c1-7-4-5-9(18-7)8(2)16-12-10(17-3)11(13)14-6-15-12/h4-6,8H,1-3H3,(H,14,15,16). The monoisotopic (exact) mass is 283 g/mol. The van der Waals surface area contributed by atoms with Crippen molar-refractivity contribution in [3.05, 3.63) is 33.4 Å². The summed E-state index contributed by atoms with van der Waals surface area (Å²) in [5.74, 6) is 1.08. The normalized spacial score (nSPS) is 12.2. The fourth-order valence-corrected chi connectivity index (χ4v) is 2.69. The predicted octanol–water partition coefficient (Wildman–Crippen LogP) is 3.68. The van der Waals surface area contributed by atoms with Gasteiger partial charge in [-0.1, -0.05) is 11.6 Å². The summed E-state index contributed by atoms with van der Waals surface area (Å²) in [6.45, 7) is 4.16. The molecule has 6 heteroatoms. The molecular weight excluding hydrogens is 270 g/mol. The van der Waals surface area contributed by atoms with Gasteiger partial charge in [-0.05, 0) is 26.0 Å². The molecule has 0 amide bonds. The maximum Gasteiger partial charge on any atom is 0.198 e. The second-order valence-electron chi connectivity index (χ2n) is 3.86. The van der Waals surface area contributed by atoms with Crippen molar-refractivity contribution in [3.63, 3.8) is 0 Å². The molecule has 0 fully saturated rings. The lowest BCUT2D eigenvalue weighted by molar-refractivity contribution is 0.412. The van der Waals surface area contributed by atoms with Crippen molar-refractivity contribution in [3.8, 4) is 5.75 Å².